The maximum absolute atomic E-state index is 12.2. The van der Waals surface area contributed by atoms with Gasteiger partial charge in [-0.2, -0.15) is 21.6 Å². The Kier molecular flexibility index (Phi) is 4.53. The molecule has 0 aromatic heterocycles. The van der Waals surface area contributed by atoms with Gasteiger partial charge in [0.2, 0.25) is 0 Å². The van der Waals surface area contributed by atoms with Crippen LogP contribution >= 0.6 is 22.6 Å². The van der Waals surface area contributed by atoms with Crippen LogP contribution in [-0.4, -0.2) is 13.9 Å². The molecule has 0 aliphatic rings. The highest BCUT2D eigenvalue weighted by Gasteiger charge is 2.48. The predicted molar refractivity (Wildman–Crippen MR) is 68.3 cm³/mol. The maximum atomic E-state index is 12.2. The van der Waals surface area contributed by atoms with Gasteiger partial charge in [-0.1, -0.05) is 5.11 Å². The number of aryl methyl sites for hydroxylation is 1. The minimum Gasteiger partial charge on any atom is -0.376 e. The van der Waals surface area contributed by atoms with Gasteiger partial charge in [-0.15, -0.1) is 0 Å². The van der Waals surface area contributed by atoms with Crippen molar-refractivity contribution in [3.05, 3.63) is 31.7 Å². The van der Waals surface area contributed by atoms with Gasteiger partial charge in [-0.3, -0.25) is 0 Å². The molecule has 1 aromatic carbocycles. The molecule has 6 nitrogen and oxygen atoms in total. The van der Waals surface area contributed by atoms with E-state index in [2.05, 4.69) is 14.2 Å². The van der Waals surface area contributed by atoms with Gasteiger partial charge in [0.05, 0.1) is 5.69 Å². The summed E-state index contributed by atoms with van der Waals surface area (Å²) in [4.78, 5) is 2.40. The van der Waals surface area contributed by atoms with Gasteiger partial charge in [0.1, 0.15) is 0 Å². The maximum Gasteiger partial charge on any atom is 0.534 e. The average Bonchev–Trinajstić information content (AvgIpc) is 2.23. The second-order valence-corrected chi connectivity index (χ2v) is 5.94. The molecule has 0 radical (unpaired) electrons. The van der Waals surface area contributed by atoms with Crippen molar-refractivity contribution >= 4 is 38.4 Å². The molecule has 0 N–H and O–H groups in total. The van der Waals surface area contributed by atoms with Crippen molar-refractivity contribution in [1.82, 2.24) is 0 Å². The summed E-state index contributed by atoms with van der Waals surface area (Å²) in [5, 5.41) is 3.09. The van der Waals surface area contributed by atoms with Gasteiger partial charge in [-0.25, -0.2) is 0 Å². The van der Waals surface area contributed by atoms with Crippen molar-refractivity contribution < 1.29 is 25.8 Å². The van der Waals surface area contributed by atoms with Crippen LogP contribution in [0.4, 0.5) is 18.9 Å². The van der Waals surface area contributed by atoms with E-state index >= 15 is 0 Å². The summed E-state index contributed by atoms with van der Waals surface area (Å²) in [7, 11) is -5.81. The van der Waals surface area contributed by atoms with Crippen LogP contribution in [0.25, 0.3) is 10.4 Å². The van der Waals surface area contributed by atoms with Crippen molar-refractivity contribution in [3.63, 3.8) is 0 Å². The van der Waals surface area contributed by atoms with Crippen molar-refractivity contribution in [1.29, 1.82) is 0 Å². The highest BCUT2D eigenvalue weighted by Crippen LogP contribution is 2.35. The Morgan fingerprint density at radius 2 is 2.00 bits per heavy atom. The fourth-order valence-electron chi connectivity index (χ4n) is 1.00. The number of benzene rings is 1. The molecule has 0 fully saturated rings. The van der Waals surface area contributed by atoms with E-state index in [9.17, 15) is 21.6 Å². The third-order valence-corrected chi connectivity index (χ3v) is 4.00. The van der Waals surface area contributed by atoms with Gasteiger partial charge in [0.25, 0.3) is 0 Å². The zero-order chi connectivity index (χ0) is 14.8. The summed E-state index contributed by atoms with van der Waals surface area (Å²) in [5.74, 6) is -0.673. The number of nitrogens with zero attached hydrogens (tertiary/aromatic N) is 3. The topological polar surface area (TPSA) is 92.1 Å². The van der Waals surface area contributed by atoms with E-state index in [1.54, 1.807) is 0 Å². The van der Waals surface area contributed by atoms with E-state index in [4.69, 9.17) is 5.53 Å². The monoisotopic (exact) mass is 407 g/mol. The molecule has 11 heteroatoms. The molecule has 1 aromatic rings. The summed E-state index contributed by atoms with van der Waals surface area (Å²) in [6.07, 6.45) is 0. The molecule has 0 spiro atoms. The lowest BCUT2D eigenvalue weighted by molar-refractivity contribution is -0.0499. The summed E-state index contributed by atoms with van der Waals surface area (Å²) < 4.78 is 62.9. The van der Waals surface area contributed by atoms with Gasteiger partial charge in [0.15, 0.2) is 5.75 Å². The average molecular weight is 407 g/mol. The standard InChI is InChI=1S/C8H5F3IN3O3S/c1-4-2-7(6(14-15-13)3-5(4)12)18-19(16,17)8(9,10)11/h2-3H,1H3. The predicted octanol–water partition coefficient (Wildman–Crippen LogP) is 3.77. The van der Waals surface area contributed by atoms with E-state index in [-0.39, 0.29) is 5.69 Å². The molecule has 19 heavy (non-hydrogen) atoms. The fourth-order valence-corrected chi connectivity index (χ4v) is 1.92. The molecule has 104 valence electrons. The summed E-state index contributed by atoms with van der Waals surface area (Å²) >= 11 is 1.85. The smallest absolute Gasteiger partial charge is 0.376 e. The lowest BCUT2D eigenvalue weighted by Crippen LogP contribution is -2.28. The van der Waals surface area contributed by atoms with Crippen LogP contribution < -0.4 is 4.18 Å². The third-order valence-electron chi connectivity index (χ3n) is 1.88. The first-order chi connectivity index (χ1) is 8.58. The van der Waals surface area contributed by atoms with Gasteiger partial charge in [-0.05, 0) is 52.7 Å². The SMILES string of the molecule is Cc1cc(OS(=O)(=O)C(F)(F)F)c(N=[N+]=[N-])cc1I. The molecule has 0 unspecified atom stereocenters. The van der Waals surface area contributed by atoms with Gasteiger partial charge < -0.3 is 4.18 Å². The lowest BCUT2D eigenvalue weighted by atomic mass is 10.2. The Morgan fingerprint density at radius 3 is 2.47 bits per heavy atom. The van der Waals surface area contributed by atoms with Crippen LogP contribution in [0.15, 0.2) is 17.2 Å². The zero-order valence-electron chi connectivity index (χ0n) is 9.14. The van der Waals surface area contributed by atoms with Crippen LogP contribution in [0.1, 0.15) is 5.56 Å². The Morgan fingerprint density at radius 1 is 1.42 bits per heavy atom. The summed E-state index contributed by atoms with van der Waals surface area (Å²) in [6, 6.07) is 2.27. The number of rotatable bonds is 3. The first-order valence-electron chi connectivity index (χ1n) is 4.44. The van der Waals surface area contributed by atoms with Crippen molar-refractivity contribution in [3.8, 4) is 5.75 Å². The molecular weight excluding hydrogens is 402 g/mol. The second-order valence-electron chi connectivity index (χ2n) is 3.24. The van der Waals surface area contributed by atoms with Crippen LogP contribution in [0.3, 0.4) is 0 Å². The van der Waals surface area contributed by atoms with E-state index in [0.717, 1.165) is 6.07 Å². The van der Waals surface area contributed by atoms with Gasteiger partial charge in [0, 0.05) is 8.48 Å². The van der Waals surface area contributed by atoms with Crippen molar-refractivity contribution in [2.75, 3.05) is 0 Å². The quantitative estimate of drug-likeness (QED) is 0.191. The normalized spacial score (nSPS) is 11.8. The van der Waals surface area contributed by atoms with E-state index in [1.807, 2.05) is 22.6 Å². The lowest BCUT2D eigenvalue weighted by Gasteiger charge is -2.12. The van der Waals surface area contributed by atoms with Gasteiger partial charge >= 0.3 is 15.6 Å². The Bertz CT molecular complexity index is 653. The molecule has 0 aliphatic carbocycles. The van der Waals surface area contributed by atoms with Crippen molar-refractivity contribution in [2.24, 2.45) is 5.11 Å². The molecule has 0 atom stereocenters. The number of halogens is 4. The number of azide groups is 1. The first-order valence-corrected chi connectivity index (χ1v) is 6.93. The fraction of sp³-hybridized carbons (Fsp3) is 0.250. The van der Waals surface area contributed by atoms with E-state index in [1.165, 1.54) is 13.0 Å². The van der Waals surface area contributed by atoms with E-state index < -0.39 is 21.4 Å². The molecule has 1 rings (SSSR count). The first kappa shape index (κ1) is 15.9. The zero-order valence-corrected chi connectivity index (χ0v) is 12.1. The van der Waals surface area contributed by atoms with Crippen molar-refractivity contribution in [2.45, 2.75) is 12.4 Å². The van der Waals surface area contributed by atoms with Crippen LogP contribution in [0.5, 0.6) is 5.75 Å². The molecule has 0 saturated carbocycles. The Balaban J connectivity index is 3.36. The highest BCUT2D eigenvalue weighted by molar-refractivity contribution is 14.1. The Labute approximate surface area is 119 Å². The highest BCUT2D eigenvalue weighted by atomic mass is 127. The number of hydrogen-bond donors (Lipinski definition) is 0. The third kappa shape index (κ3) is 3.64. The summed E-state index contributed by atoms with van der Waals surface area (Å²) in [5.41, 5.74) is 2.87. The summed E-state index contributed by atoms with van der Waals surface area (Å²) in [6.45, 7) is 1.54. The molecule has 0 bridgehead atoms. The second kappa shape index (κ2) is 5.43. The Hall–Kier alpha value is -1.20. The molecule has 0 aliphatic heterocycles. The van der Waals surface area contributed by atoms with Crippen LogP contribution in [-0.2, 0) is 10.1 Å². The minimum absolute atomic E-state index is 0.342. The molecule has 0 heterocycles. The van der Waals surface area contributed by atoms with Crippen LogP contribution in [0.2, 0.25) is 0 Å². The number of alkyl halides is 3. The van der Waals surface area contributed by atoms with E-state index in [0.29, 0.717) is 9.13 Å². The molecule has 0 saturated heterocycles. The number of hydrogen-bond acceptors (Lipinski definition) is 4. The largest absolute Gasteiger partial charge is 0.534 e. The molecule has 0 amide bonds. The van der Waals surface area contributed by atoms with Crippen LogP contribution in [0, 0.1) is 10.5 Å². The minimum atomic E-state index is -5.81. The molecular formula is C8H5F3IN3O3S.